The zero-order chi connectivity index (χ0) is 16.7. The SMILES string of the molecule is CCNC(=NCCCCN1CCC(C(N)=O)CC1)NC1CC1C.I. The van der Waals surface area contributed by atoms with E-state index in [4.69, 9.17) is 5.73 Å². The Labute approximate surface area is 163 Å². The topological polar surface area (TPSA) is 82.8 Å². The fourth-order valence-electron chi connectivity index (χ4n) is 3.10. The van der Waals surface area contributed by atoms with Crippen molar-refractivity contribution in [1.82, 2.24) is 15.5 Å². The van der Waals surface area contributed by atoms with E-state index in [9.17, 15) is 4.79 Å². The van der Waals surface area contributed by atoms with Gasteiger partial charge in [0.05, 0.1) is 0 Å². The monoisotopic (exact) mass is 451 g/mol. The molecule has 0 radical (unpaired) electrons. The van der Waals surface area contributed by atoms with Gasteiger partial charge in [-0.15, -0.1) is 24.0 Å². The number of hydrogen-bond donors (Lipinski definition) is 3. The van der Waals surface area contributed by atoms with E-state index in [1.54, 1.807) is 0 Å². The largest absolute Gasteiger partial charge is 0.369 e. The second-order valence-electron chi connectivity index (χ2n) is 6.95. The first kappa shape index (κ1) is 21.5. The van der Waals surface area contributed by atoms with E-state index in [2.05, 4.69) is 34.4 Å². The minimum atomic E-state index is -0.132. The molecule has 0 bridgehead atoms. The number of nitrogens with two attached hydrogens (primary N) is 1. The molecule has 2 unspecified atom stereocenters. The van der Waals surface area contributed by atoms with Crippen LogP contribution in [0.4, 0.5) is 0 Å². The summed E-state index contributed by atoms with van der Waals surface area (Å²) in [6.07, 6.45) is 5.35. The van der Waals surface area contributed by atoms with Crippen LogP contribution in [0.5, 0.6) is 0 Å². The van der Waals surface area contributed by atoms with Crippen molar-refractivity contribution in [2.75, 3.05) is 32.7 Å². The number of nitrogens with one attached hydrogen (secondary N) is 2. The van der Waals surface area contributed by atoms with E-state index in [1.807, 2.05) is 0 Å². The predicted octanol–water partition coefficient (Wildman–Crippen LogP) is 1.55. The van der Waals surface area contributed by atoms with Crippen LogP contribution in [0.3, 0.4) is 0 Å². The molecule has 140 valence electrons. The molecule has 2 rings (SSSR count). The number of amides is 1. The number of primary amides is 1. The molecule has 0 spiro atoms. The molecule has 4 N–H and O–H groups in total. The highest BCUT2D eigenvalue weighted by molar-refractivity contribution is 14.0. The van der Waals surface area contributed by atoms with Crippen molar-refractivity contribution >= 4 is 35.8 Å². The van der Waals surface area contributed by atoms with Crippen LogP contribution in [0.1, 0.15) is 46.0 Å². The first-order chi connectivity index (χ1) is 11.1. The molecule has 0 aromatic heterocycles. The second-order valence-corrected chi connectivity index (χ2v) is 6.95. The number of likely N-dealkylation sites (tertiary alicyclic amines) is 1. The summed E-state index contributed by atoms with van der Waals surface area (Å²) >= 11 is 0. The van der Waals surface area contributed by atoms with Crippen LogP contribution in [0, 0.1) is 11.8 Å². The minimum Gasteiger partial charge on any atom is -0.369 e. The molecular weight excluding hydrogens is 417 g/mol. The lowest BCUT2D eigenvalue weighted by Crippen LogP contribution is -2.39. The van der Waals surface area contributed by atoms with Crippen molar-refractivity contribution in [2.24, 2.45) is 22.6 Å². The summed E-state index contributed by atoms with van der Waals surface area (Å²) in [6, 6.07) is 0.611. The Morgan fingerprint density at radius 2 is 1.96 bits per heavy atom. The lowest BCUT2D eigenvalue weighted by molar-refractivity contribution is -0.123. The molecule has 2 fully saturated rings. The highest BCUT2D eigenvalue weighted by Gasteiger charge is 2.33. The van der Waals surface area contributed by atoms with Crippen LogP contribution >= 0.6 is 24.0 Å². The number of carbonyl (C=O) groups is 1. The van der Waals surface area contributed by atoms with Crippen molar-refractivity contribution in [1.29, 1.82) is 0 Å². The van der Waals surface area contributed by atoms with Gasteiger partial charge >= 0.3 is 0 Å². The van der Waals surface area contributed by atoms with Gasteiger partial charge in [-0.1, -0.05) is 6.92 Å². The Balaban J connectivity index is 0.00000288. The average molecular weight is 451 g/mol. The van der Waals surface area contributed by atoms with Gasteiger partial charge in [-0.2, -0.15) is 0 Å². The fourth-order valence-corrected chi connectivity index (χ4v) is 3.10. The van der Waals surface area contributed by atoms with Crippen LogP contribution in [0.15, 0.2) is 4.99 Å². The standard InChI is InChI=1S/C17H33N5O.HI/c1-3-19-17(21-15-12-13(15)2)20-8-4-5-9-22-10-6-14(7-11-22)16(18)23;/h13-15H,3-12H2,1-2H3,(H2,18,23)(H2,19,20,21);1H. The normalized spacial score (nSPS) is 25.0. The quantitative estimate of drug-likeness (QED) is 0.226. The van der Waals surface area contributed by atoms with Gasteiger partial charge in [0.25, 0.3) is 0 Å². The molecule has 2 aliphatic rings. The number of nitrogens with zero attached hydrogens (tertiary/aromatic N) is 2. The number of piperidine rings is 1. The van der Waals surface area contributed by atoms with E-state index in [0.29, 0.717) is 6.04 Å². The number of aliphatic imine (C=N–C) groups is 1. The number of guanidine groups is 1. The minimum absolute atomic E-state index is 0. The first-order valence-electron chi connectivity index (χ1n) is 9.16. The van der Waals surface area contributed by atoms with Crippen molar-refractivity contribution in [3.63, 3.8) is 0 Å². The smallest absolute Gasteiger partial charge is 0.220 e. The van der Waals surface area contributed by atoms with Crippen LogP contribution in [0.25, 0.3) is 0 Å². The Bertz CT molecular complexity index is 410. The maximum absolute atomic E-state index is 11.2. The molecule has 0 aromatic carbocycles. The van der Waals surface area contributed by atoms with Crippen LogP contribution in [-0.2, 0) is 4.79 Å². The second kappa shape index (κ2) is 11.1. The average Bonchev–Trinajstić information content (AvgIpc) is 3.22. The van der Waals surface area contributed by atoms with Gasteiger partial charge in [0.2, 0.25) is 5.91 Å². The van der Waals surface area contributed by atoms with E-state index < -0.39 is 0 Å². The van der Waals surface area contributed by atoms with Gasteiger partial charge in [0, 0.05) is 25.0 Å². The Kier molecular flexibility index (Phi) is 9.95. The van der Waals surface area contributed by atoms with Gasteiger partial charge in [0.1, 0.15) is 0 Å². The maximum Gasteiger partial charge on any atom is 0.220 e. The van der Waals surface area contributed by atoms with Crippen molar-refractivity contribution in [3.05, 3.63) is 0 Å². The number of hydrogen-bond acceptors (Lipinski definition) is 3. The summed E-state index contributed by atoms with van der Waals surface area (Å²) in [5, 5.41) is 6.80. The van der Waals surface area contributed by atoms with E-state index >= 15 is 0 Å². The number of carbonyl (C=O) groups excluding carboxylic acids is 1. The molecule has 6 nitrogen and oxygen atoms in total. The molecule has 1 aliphatic carbocycles. The molecule has 1 saturated carbocycles. The summed E-state index contributed by atoms with van der Waals surface area (Å²) in [7, 11) is 0. The number of unbranched alkanes of at least 4 members (excludes halogenated alkanes) is 1. The summed E-state index contributed by atoms with van der Waals surface area (Å²) in [5.74, 6) is 1.70. The van der Waals surface area contributed by atoms with Gasteiger partial charge in [0.15, 0.2) is 5.96 Å². The maximum atomic E-state index is 11.2. The molecule has 1 aliphatic heterocycles. The molecule has 2 atom stereocenters. The van der Waals surface area contributed by atoms with Crippen LogP contribution in [-0.4, -0.2) is 55.5 Å². The Hall–Kier alpha value is -0.570. The lowest BCUT2D eigenvalue weighted by Gasteiger charge is -2.30. The number of rotatable bonds is 8. The van der Waals surface area contributed by atoms with Gasteiger partial charge in [-0.05, 0) is 64.6 Å². The first-order valence-corrected chi connectivity index (χ1v) is 9.16. The lowest BCUT2D eigenvalue weighted by atomic mass is 9.96. The van der Waals surface area contributed by atoms with Gasteiger partial charge in [-0.25, -0.2) is 0 Å². The highest BCUT2D eigenvalue weighted by Crippen LogP contribution is 2.28. The Morgan fingerprint density at radius 3 is 2.50 bits per heavy atom. The summed E-state index contributed by atoms with van der Waals surface area (Å²) in [4.78, 5) is 18.3. The third kappa shape index (κ3) is 7.55. The van der Waals surface area contributed by atoms with Crippen molar-refractivity contribution in [2.45, 2.75) is 52.0 Å². The fraction of sp³-hybridized carbons (Fsp3) is 0.882. The summed E-state index contributed by atoms with van der Waals surface area (Å²) in [6.45, 7) is 9.24. The number of halogens is 1. The molecule has 7 heteroatoms. The molecule has 1 saturated heterocycles. The third-order valence-corrected chi connectivity index (χ3v) is 4.92. The molecule has 1 heterocycles. The summed E-state index contributed by atoms with van der Waals surface area (Å²) < 4.78 is 0. The highest BCUT2D eigenvalue weighted by atomic mass is 127. The van der Waals surface area contributed by atoms with Gasteiger partial charge in [-0.3, -0.25) is 9.79 Å². The predicted molar refractivity (Wildman–Crippen MR) is 110 cm³/mol. The van der Waals surface area contributed by atoms with Crippen LogP contribution in [0.2, 0.25) is 0 Å². The van der Waals surface area contributed by atoms with E-state index in [1.165, 1.54) is 6.42 Å². The third-order valence-electron chi connectivity index (χ3n) is 4.92. The molecule has 24 heavy (non-hydrogen) atoms. The van der Waals surface area contributed by atoms with Crippen LogP contribution < -0.4 is 16.4 Å². The summed E-state index contributed by atoms with van der Waals surface area (Å²) in [5.41, 5.74) is 5.37. The van der Waals surface area contributed by atoms with Crippen molar-refractivity contribution < 1.29 is 4.79 Å². The molecule has 1 amide bonds. The zero-order valence-electron chi connectivity index (χ0n) is 15.1. The Morgan fingerprint density at radius 1 is 1.29 bits per heavy atom. The van der Waals surface area contributed by atoms with Gasteiger partial charge < -0.3 is 21.3 Å². The van der Waals surface area contributed by atoms with E-state index in [-0.39, 0.29) is 35.8 Å². The van der Waals surface area contributed by atoms with E-state index in [0.717, 1.165) is 70.3 Å². The van der Waals surface area contributed by atoms with Crippen molar-refractivity contribution in [3.8, 4) is 0 Å². The molecule has 0 aromatic rings. The molecular formula is C17H34IN5O. The zero-order valence-corrected chi connectivity index (χ0v) is 17.4.